The number of methoxy groups -OCH3 is 1. The first kappa shape index (κ1) is 20.2. The number of halogens is 3. The zero-order valence-corrected chi connectivity index (χ0v) is 16.2. The van der Waals surface area contributed by atoms with E-state index in [4.69, 9.17) is 9.47 Å². The van der Waals surface area contributed by atoms with Gasteiger partial charge < -0.3 is 14.8 Å². The fraction of sp³-hybridized carbons (Fsp3) is 0.316. The molecule has 0 saturated carbocycles. The van der Waals surface area contributed by atoms with Crippen molar-refractivity contribution in [2.24, 2.45) is 0 Å². The smallest absolute Gasteiger partial charge is 0.251 e. The normalized spacial score (nSPS) is 10.5. The standard InChI is InChI=1S/C19H20BrF2NO3/c1-3-9-26-18-14(20)10-12(11-17(18)25-2)19(24)23-8-7-13-15(21)5-4-6-16(13)22/h4-6,10-11H,3,7-9H2,1-2H3,(H,23,24). The lowest BCUT2D eigenvalue weighted by atomic mass is 10.1. The van der Waals surface area contributed by atoms with Crippen LogP contribution in [0.4, 0.5) is 8.78 Å². The van der Waals surface area contributed by atoms with Crippen molar-refractivity contribution >= 4 is 21.8 Å². The molecule has 0 heterocycles. The van der Waals surface area contributed by atoms with Crippen molar-refractivity contribution < 1.29 is 23.0 Å². The van der Waals surface area contributed by atoms with Gasteiger partial charge in [-0.15, -0.1) is 0 Å². The monoisotopic (exact) mass is 427 g/mol. The first-order valence-corrected chi connectivity index (χ1v) is 8.98. The summed E-state index contributed by atoms with van der Waals surface area (Å²) in [6.45, 7) is 2.61. The average molecular weight is 428 g/mol. The molecule has 0 radical (unpaired) electrons. The fourth-order valence-corrected chi connectivity index (χ4v) is 2.93. The minimum atomic E-state index is -0.624. The molecule has 0 aliphatic carbocycles. The van der Waals surface area contributed by atoms with Crippen LogP contribution in [0.1, 0.15) is 29.3 Å². The van der Waals surface area contributed by atoms with Crippen molar-refractivity contribution in [1.29, 1.82) is 0 Å². The summed E-state index contributed by atoms with van der Waals surface area (Å²) in [6.07, 6.45) is 0.894. The molecule has 4 nitrogen and oxygen atoms in total. The first-order chi connectivity index (χ1) is 12.5. The molecule has 0 spiro atoms. The van der Waals surface area contributed by atoms with Crippen molar-refractivity contribution in [2.75, 3.05) is 20.3 Å². The summed E-state index contributed by atoms with van der Waals surface area (Å²) in [7, 11) is 1.49. The van der Waals surface area contributed by atoms with Gasteiger partial charge in [0.1, 0.15) is 11.6 Å². The molecule has 26 heavy (non-hydrogen) atoms. The topological polar surface area (TPSA) is 47.6 Å². The zero-order valence-electron chi connectivity index (χ0n) is 14.6. The summed E-state index contributed by atoms with van der Waals surface area (Å²) in [6, 6.07) is 6.87. The van der Waals surface area contributed by atoms with Gasteiger partial charge in [-0.3, -0.25) is 4.79 Å². The Kier molecular flexibility index (Phi) is 7.38. The summed E-state index contributed by atoms with van der Waals surface area (Å²) in [4.78, 5) is 12.3. The van der Waals surface area contributed by atoms with Crippen LogP contribution in [0.3, 0.4) is 0 Å². The molecular weight excluding hydrogens is 408 g/mol. The van der Waals surface area contributed by atoms with Crippen molar-refractivity contribution in [3.8, 4) is 11.5 Å². The highest BCUT2D eigenvalue weighted by Crippen LogP contribution is 2.36. The van der Waals surface area contributed by atoms with E-state index in [0.717, 1.165) is 6.42 Å². The number of nitrogens with one attached hydrogen (secondary N) is 1. The van der Waals surface area contributed by atoms with Gasteiger partial charge in [0.2, 0.25) is 0 Å². The number of ether oxygens (including phenoxy) is 2. The van der Waals surface area contributed by atoms with Gasteiger partial charge in [0.25, 0.3) is 5.91 Å². The molecule has 1 N–H and O–H groups in total. The highest BCUT2D eigenvalue weighted by Gasteiger charge is 2.16. The molecule has 7 heteroatoms. The number of amides is 1. The maximum Gasteiger partial charge on any atom is 0.251 e. The van der Waals surface area contributed by atoms with Crippen molar-refractivity contribution in [3.05, 3.63) is 57.6 Å². The van der Waals surface area contributed by atoms with E-state index >= 15 is 0 Å². The second-order valence-corrected chi connectivity index (χ2v) is 6.40. The number of carbonyl (C=O) groups excluding carboxylic acids is 1. The lowest BCUT2D eigenvalue weighted by Crippen LogP contribution is -2.26. The van der Waals surface area contributed by atoms with E-state index in [1.165, 1.54) is 25.3 Å². The molecule has 2 aromatic rings. The number of rotatable bonds is 8. The first-order valence-electron chi connectivity index (χ1n) is 8.19. The molecule has 2 aromatic carbocycles. The van der Waals surface area contributed by atoms with Crippen LogP contribution in [0.5, 0.6) is 11.5 Å². The van der Waals surface area contributed by atoms with E-state index in [9.17, 15) is 13.6 Å². The quantitative estimate of drug-likeness (QED) is 0.674. The Balaban J connectivity index is 2.06. The van der Waals surface area contributed by atoms with E-state index < -0.39 is 11.6 Å². The Morgan fingerprint density at radius 1 is 1.23 bits per heavy atom. The number of hydrogen-bond acceptors (Lipinski definition) is 3. The van der Waals surface area contributed by atoms with Gasteiger partial charge in [0.05, 0.1) is 18.2 Å². The summed E-state index contributed by atoms with van der Waals surface area (Å²) in [5, 5.41) is 2.65. The zero-order chi connectivity index (χ0) is 19.1. The third-order valence-electron chi connectivity index (χ3n) is 3.66. The number of hydrogen-bond donors (Lipinski definition) is 1. The van der Waals surface area contributed by atoms with Gasteiger partial charge >= 0.3 is 0 Å². The SMILES string of the molecule is CCCOc1c(Br)cc(C(=O)NCCc2c(F)cccc2F)cc1OC. The van der Waals surface area contributed by atoms with Gasteiger partial charge in [-0.25, -0.2) is 8.78 Å². The van der Waals surface area contributed by atoms with E-state index in [1.54, 1.807) is 12.1 Å². The maximum absolute atomic E-state index is 13.6. The fourth-order valence-electron chi connectivity index (χ4n) is 2.37. The molecular formula is C19H20BrF2NO3. The Morgan fingerprint density at radius 2 is 1.92 bits per heavy atom. The van der Waals surface area contributed by atoms with Crippen molar-refractivity contribution in [1.82, 2.24) is 5.32 Å². The van der Waals surface area contributed by atoms with Crippen LogP contribution in [-0.4, -0.2) is 26.2 Å². The molecule has 0 aromatic heterocycles. The lowest BCUT2D eigenvalue weighted by Gasteiger charge is -2.14. The number of carbonyl (C=O) groups is 1. The third-order valence-corrected chi connectivity index (χ3v) is 4.25. The van der Waals surface area contributed by atoms with Gasteiger partial charge in [-0.2, -0.15) is 0 Å². The molecule has 0 aliphatic heterocycles. The van der Waals surface area contributed by atoms with Gasteiger partial charge in [0, 0.05) is 17.7 Å². The van der Waals surface area contributed by atoms with E-state index in [-0.39, 0.29) is 24.4 Å². The summed E-state index contributed by atoms with van der Waals surface area (Å²) in [5.41, 5.74) is 0.307. The Bertz CT molecular complexity index is 763. The van der Waals surface area contributed by atoms with Crippen LogP contribution in [0.2, 0.25) is 0 Å². The Hall–Kier alpha value is -2.15. The van der Waals surface area contributed by atoms with Crippen LogP contribution in [0, 0.1) is 11.6 Å². The molecule has 0 unspecified atom stereocenters. The largest absolute Gasteiger partial charge is 0.493 e. The molecule has 1 amide bonds. The summed E-state index contributed by atoms with van der Waals surface area (Å²) >= 11 is 3.38. The van der Waals surface area contributed by atoms with Gasteiger partial charge in [-0.1, -0.05) is 13.0 Å². The van der Waals surface area contributed by atoms with Crippen LogP contribution < -0.4 is 14.8 Å². The van der Waals surface area contributed by atoms with Gasteiger partial charge in [-0.05, 0) is 53.0 Å². The predicted molar refractivity (Wildman–Crippen MR) is 98.9 cm³/mol. The minimum absolute atomic E-state index is 0.0464. The van der Waals surface area contributed by atoms with E-state index in [1.807, 2.05) is 6.92 Å². The van der Waals surface area contributed by atoms with Gasteiger partial charge in [0.15, 0.2) is 11.5 Å². The Morgan fingerprint density at radius 3 is 2.54 bits per heavy atom. The Labute approximate surface area is 159 Å². The molecule has 2 rings (SSSR count). The second kappa shape index (κ2) is 9.52. The summed E-state index contributed by atoms with van der Waals surface area (Å²) in [5.74, 6) is -0.664. The van der Waals surface area contributed by atoms with Crippen molar-refractivity contribution in [2.45, 2.75) is 19.8 Å². The number of benzene rings is 2. The molecule has 0 atom stereocenters. The van der Waals surface area contributed by atoms with E-state index in [2.05, 4.69) is 21.2 Å². The highest BCUT2D eigenvalue weighted by molar-refractivity contribution is 9.10. The van der Waals surface area contributed by atoms with Crippen LogP contribution >= 0.6 is 15.9 Å². The molecule has 0 bridgehead atoms. The predicted octanol–water partition coefficient (Wildman–Crippen LogP) is 4.50. The lowest BCUT2D eigenvalue weighted by molar-refractivity contribution is 0.0953. The molecule has 0 fully saturated rings. The molecule has 140 valence electrons. The van der Waals surface area contributed by atoms with Crippen LogP contribution in [0.25, 0.3) is 0 Å². The highest BCUT2D eigenvalue weighted by atomic mass is 79.9. The maximum atomic E-state index is 13.6. The third kappa shape index (κ3) is 4.94. The van der Waals surface area contributed by atoms with E-state index in [0.29, 0.717) is 28.1 Å². The van der Waals surface area contributed by atoms with Crippen LogP contribution in [-0.2, 0) is 6.42 Å². The minimum Gasteiger partial charge on any atom is -0.493 e. The summed E-state index contributed by atoms with van der Waals surface area (Å²) < 4.78 is 38.7. The average Bonchev–Trinajstić information content (AvgIpc) is 2.62. The molecule has 0 saturated heterocycles. The van der Waals surface area contributed by atoms with Crippen molar-refractivity contribution in [3.63, 3.8) is 0 Å². The molecule has 0 aliphatic rings. The van der Waals surface area contributed by atoms with Crippen LogP contribution in [0.15, 0.2) is 34.8 Å². The second-order valence-electron chi connectivity index (χ2n) is 5.54.